The molecule has 1 aromatic heterocycles. The maximum atomic E-state index is 12.8. The van der Waals surface area contributed by atoms with Crippen molar-refractivity contribution >= 4 is 11.6 Å². The smallest absolute Gasteiger partial charge is 0.236 e. The number of aryl methyl sites for hydroxylation is 1. The Balaban J connectivity index is 1.93. The molecule has 3 aromatic rings. The van der Waals surface area contributed by atoms with Crippen molar-refractivity contribution in [3.63, 3.8) is 0 Å². The van der Waals surface area contributed by atoms with Crippen LogP contribution in [0.3, 0.4) is 0 Å². The minimum Gasteiger partial charge on any atom is -0.323 e. The minimum absolute atomic E-state index is 0.0644. The van der Waals surface area contributed by atoms with E-state index in [9.17, 15) is 4.79 Å². The summed E-state index contributed by atoms with van der Waals surface area (Å²) in [4.78, 5) is 12.8. The third-order valence-corrected chi connectivity index (χ3v) is 3.50. The van der Waals surface area contributed by atoms with E-state index in [4.69, 9.17) is 0 Å². The molecule has 2 aromatic carbocycles. The number of hydrogen-bond donors (Lipinski definition) is 1. The zero-order valence-electron chi connectivity index (χ0n) is 12.3. The van der Waals surface area contributed by atoms with Gasteiger partial charge in [0.1, 0.15) is 0 Å². The topological polar surface area (TPSA) is 46.9 Å². The van der Waals surface area contributed by atoms with Crippen LogP contribution in [0.1, 0.15) is 17.0 Å². The molecule has 3 rings (SSSR count). The van der Waals surface area contributed by atoms with Crippen molar-refractivity contribution in [2.24, 2.45) is 7.05 Å². The monoisotopic (exact) mass is 291 g/mol. The molecular formula is C18H17N3O. The van der Waals surface area contributed by atoms with Crippen LogP contribution in [-0.4, -0.2) is 15.7 Å². The summed E-state index contributed by atoms with van der Waals surface area (Å²) in [5.41, 5.74) is 2.63. The SMILES string of the molecule is Cn1cc(NC(=O)C(c2ccccc2)c2ccccc2)cn1. The van der Waals surface area contributed by atoms with Gasteiger partial charge in [0.05, 0.1) is 17.8 Å². The van der Waals surface area contributed by atoms with Gasteiger partial charge in [0.25, 0.3) is 0 Å². The molecule has 0 atom stereocenters. The minimum atomic E-state index is -0.345. The first-order valence-electron chi connectivity index (χ1n) is 7.13. The average Bonchev–Trinajstić information content (AvgIpc) is 2.95. The fourth-order valence-corrected chi connectivity index (χ4v) is 2.49. The molecule has 4 heteroatoms. The van der Waals surface area contributed by atoms with Crippen molar-refractivity contribution in [2.75, 3.05) is 5.32 Å². The molecule has 1 amide bonds. The lowest BCUT2D eigenvalue weighted by Gasteiger charge is -2.17. The number of anilines is 1. The number of carbonyl (C=O) groups is 1. The first-order chi connectivity index (χ1) is 10.7. The van der Waals surface area contributed by atoms with E-state index in [1.807, 2.05) is 67.7 Å². The first-order valence-corrected chi connectivity index (χ1v) is 7.13. The Bertz CT molecular complexity index is 711. The van der Waals surface area contributed by atoms with Crippen molar-refractivity contribution in [2.45, 2.75) is 5.92 Å². The molecule has 22 heavy (non-hydrogen) atoms. The Morgan fingerprint density at radius 2 is 1.55 bits per heavy atom. The van der Waals surface area contributed by atoms with Gasteiger partial charge in [-0.15, -0.1) is 0 Å². The van der Waals surface area contributed by atoms with E-state index < -0.39 is 0 Å². The summed E-state index contributed by atoms with van der Waals surface area (Å²) in [5, 5.41) is 7.01. The molecule has 0 fully saturated rings. The predicted octanol–water partition coefficient (Wildman–Crippen LogP) is 3.19. The highest BCUT2D eigenvalue weighted by molar-refractivity contribution is 5.97. The third kappa shape index (κ3) is 3.06. The van der Waals surface area contributed by atoms with Crippen molar-refractivity contribution < 1.29 is 4.79 Å². The van der Waals surface area contributed by atoms with Gasteiger partial charge in [-0.25, -0.2) is 0 Å². The van der Waals surface area contributed by atoms with Crippen LogP contribution < -0.4 is 5.32 Å². The van der Waals surface area contributed by atoms with Crippen LogP contribution >= 0.6 is 0 Å². The van der Waals surface area contributed by atoms with Crippen molar-refractivity contribution in [1.29, 1.82) is 0 Å². The summed E-state index contributed by atoms with van der Waals surface area (Å²) in [6.07, 6.45) is 3.43. The van der Waals surface area contributed by atoms with Gasteiger partial charge in [-0.2, -0.15) is 5.10 Å². The van der Waals surface area contributed by atoms with Gasteiger partial charge < -0.3 is 5.32 Å². The quantitative estimate of drug-likeness (QED) is 0.802. The van der Waals surface area contributed by atoms with E-state index in [0.717, 1.165) is 11.1 Å². The first kappa shape index (κ1) is 14.1. The number of rotatable bonds is 4. The van der Waals surface area contributed by atoms with Gasteiger partial charge >= 0.3 is 0 Å². The lowest BCUT2D eigenvalue weighted by Crippen LogP contribution is -2.22. The predicted molar refractivity (Wildman–Crippen MR) is 86.6 cm³/mol. The van der Waals surface area contributed by atoms with Crippen LogP contribution in [0.5, 0.6) is 0 Å². The number of benzene rings is 2. The fraction of sp³-hybridized carbons (Fsp3) is 0.111. The van der Waals surface area contributed by atoms with Gasteiger partial charge in [-0.1, -0.05) is 60.7 Å². The second-order valence-corrected chi connectivity index (χ2v) is 5.15. The lowest BCUT2D eigenvalue weighted by molar-refractivity contribution is -0.116. The molecule has 0 saturated carbocycles. The molecule has 0 aliphatic carbocycles. The second kappa shape index (κ2) is 6.26. The van der Waals surface area contributed by atoms with Crippen molar-refractivity contribution in [3.05, 3.63) is 84.2 Å². The third-order valence-electron chi connectivity index (χ3n) is 3.50. The molecule has 0 saturated heterocycles. The van der Waals surface area contributed by atoms with Gasteiger partial charge in [-0.3, -0.25) is 9.48 Å². The van der Waals surface area contributed by atoms with Crippen LogP contribution in [0.4, 0.5) is 5.69 Å². The Morgan fingerprint density at radius 3 is 2.00 bits per heavy atom. The van der Waals surface area contributed by atoms with E-state index >= 15 is 0 Å². The Kier molecular flexibility index (Phi) is 4.01. The number of amides is 1. The number of carbonyl (C=O) groups excluding carboxylic acids is 1. The van der Waals surface area contributed by atoms with Gasteiger partial charge in [0.2, 0.25) is 5.91 Å². The molecule has 0 aliphatic rings. The molecule has 0 aliphatic heterocycles. The maximum absolute atomic E-state index is 12.8. The number of hydrogen-bond acceptors (Lipinski definition) is 2. The number of nitrogens with zero attached hydrogens (tertiary/aromatic N) is 2. The normalized spacial score (nSPS) is 10.6. The average molecular weight is 291 g/mol. The summed E-state index contributed by atoms with van der Waals surface area (Å²) in [6, 6.07) is 19.6. The standard InChI is InChI=1S/C18H17N3O/c1-21-13-16(12-19-21)20-18(22)17(14-8-4-2-5-9-14)15-10-6-3-7-11-15/h2-13,17H,1H3,(H,20,22). The van der Waals surface area contributed by atoms with Crippen LogP contribution in [0, 0.1) is 0 Å². The van der Waals surface area contributed by atoms with Crippen molar-refractivity contribution in [3.8, 4) is 0 Å². The highest BCUT2D eigenvalue weighted by Gasteiger charge is 2.22. The summed E-state index contributed by atoms with van der Waals surface area (Å²) in [7, 11) is 1.82. The zero-order chi connectivity index (χ0) is 15.4. The van der Waals surface area contributed by atoms with E-state index in [1.54, 1.807) is 17.1 Å². The van der Waals surface area contributed by atoms with E-state index in [2.05, 4.69) is 10.4 Å². The molecule has 4 nitrogen and oxygen atoms in total. The highest BCUT2D eigenvalue weighted by atomic mass is 16.1. The highest BCUT2D eigenvalue weighted by Crippen LogP contribution is 2.26. The summed E-state index contributed by atoms with van der Waals surface area (Å²) in [6.45, 7) is 0. The lowest BCUT2D eigenvalue weighted by atomic mass is 9.90. The summed E-state index contributed by atoms with van der Waals surface area (Å²) in [5.74, 6) is -0.409. The second-order valence-electron chi connectivity index (χ2n) is 5.15. The van der Waals surface area contributed by atoms with Gasteiger partial charge in [0.15, 0.2) is 0 Å². The molecule has 1 N–H and O–H groups in total. The van der Waals surface area contributed by atoms with E-state index in [-0.39, 0.29) is 11.8 Å². The molecule has 0 bridgehead atoms. The molecule has 0 radical (unpaired) electrons. The maximum Gasteiger partial charge on any atom is 0.236 e. The van der Waals surface area contributed by atoms with Crippen LogP contribution in [0.15, 0.2) is 73.1 Å². The van der Waals surface area contributed by atoms with Gasteiger partial charge in [-0.05, 0) is 11.1 Å². The molecule has 0 spiro atoms. The Hall–Kier alpha value is -2.88. The molecule has 0 unspecified atom stereocenters. The Labute approximate surface area is 129 Å². The van der Waals surface area contributed by atoms with Crippen molar-refractivity contribution in [1.82, 2.24) is 9.78 Å². The van der Waals surface area contributed by atoms with Crippen LogP contribution in [0.25, 0.3) is 0 Å². The largest absolute Gasteiger partial charge is 0.323 e. The number of aromatic nitrogens is 2. The Morgan fingerprint density at radius 1 is 1.00 bits per heavy atom. The summed E-state index contributed by atoms with van der Waals surface area (Å²) >= 11 is 0. The van der Waals surface area contributed by atoms with Crippen LogP contribution in [-0.2, 0) is 11.8 Å². The van der Waals surface area contributed by atoms with E-state index in [1.165, 1.54) is 0 Å². The fourth-order valence-electron chi connectivity index (χ4n) is 2.49. The molecular weight excluding hydrogens is 274 g/mol. The van der Waals surface area contributed by atoms with E-state index in [0.29, 0.717) is 5.69 Å². The van der Waals surface area contributed by atoms with Crippen LogP contribution in [0.2, 0.25) is 0 Å². The zero-order valence-corrected chi connectivity index (χ0v) is 12.3. The van der Waals surface area contributed by atoms with Gasteiger partial charge in [0, 0.05) is 13.2 Å². The number of nitrogens with one attached hydrogen (secondary N) is 1. The summed E-state index contributed by atoms with van der Waals surface area (Å²) < 4.78 is 1.66. The molecule has 1 heterocycles. The molecule has 110 valence electrons.